The molecule has 1 aliphatic rings. The molecule has 0 saturated carbocycles. The van der Waals surface area contributed by atoms with Crippen LogP contribution in [0.1, 0.15) is 27.8 Å². The molecule has 1 aromatic heterocycles. The summed E-state index contributed by atoms with van der Waals surface area (Å²) in [6.07, 6.45) is -0.239. The van der Waals surface area contributed by atoms with Gasteiger partial charge < -0.3 is 14.6 Å². The van der Waals surface area contributed by atoms with Gasteiger partial charge in [-0.2, -0.15) is 4.98 Å². The van der Waals surface area contributed by atoms with E-state index >= 15 is 0 Å². The second kappa shape index (κ2) is 8.33. The van der Waals surface area contributed by atoms with Crippen LogP contribution in [0.3, 0.4) is 0 Å². The van der Waals surface area contributed by atoms with Crippen LogP contribution in [0, 0.1) is 0 Å². The highest BCUT2D eigenvalue weighted by molar-refractivity contribution is 5.94. The quantitative estimate of drug-likeness (QED) is 0.735. The van der Waals surface area contributed by atoms with Crippen molar-refractivity contribution in [1.82, 2.24) is 20.4 Å². The Labute approximate surface area is 163 Å². The summed E-state index contributed by atoms with van der Waals surface area (Å²) in [7, 11) is 1.60. The van der Waals surface area contributed by atoms with E-state index in [4.69, 9.17) is 9.26 Å². The van der Waals surface area contributed by atoms with Gasteiger partial charge in [0.2, 0.25) is 5.82 Å². The summed E-state index contributed by atoms with van der Waals surface area (Å²) in [5.41, 5.74) is 2.52. The van der Waals surface area contributed by atoms with Crippen LogP contribution >= 0.6 is 0 Å². The van der Waals surface area contributed by atoms with Crippen molar-refractivity contribution in [2.45, 2.75) is 12.6 Å². The number of ether oxygens (including phenoxy) is 1. The molecule has 1 amide bonds. The zero-order valence-corrected chi connectivity index (χ0v) is 15.7. The van der Waals surface area contributed by atoms with Crippen molar-refractivity contribution < 1.29 is 14.1 Å². The maximum Gasteiger partial charge on any atom is 0.258 e. The molecule has 0 unspecified atom stereocenters. The van der Waals surface area contributed by atoms with Crippen LogP contribution in [0.4, 0.5) is 0 Å². The molecule has 2 aromatic carbocycles. The number of carbonyl (C=O) groups is 1. The van der Waals surface area contributed by atoms with E-state index in [-0.39, 0.29) is 12.0 Å². The van der Waals surface area contributed by atoms with Crippen LogP contribution in [0.15, 0.2) is 59.1 Å². The number of hydrogen-bond donors (Lipinski definition) is 1. The predicted molar refractivity (Wildman–Crippen MR) is 104 cm³/mol. The fraction of sp³-hybridized carbons (Fsp3) is 0.286. The van der Waals surface area contributed by atoms with Gasteiger partial charge in [0.25, 0.3) is 11.8 Å². The number of amides is 1. The van der Waals surface area contributed by atoms with Gasteiger partial charge in [-0.15, -0.1) is 0 Å². The predicted octanol–water partition coefficient (Wildman–Crippen LogP) is 2.67. The lowest BCUT2D eigenvalue weighted by Gasteiger charge is -2.31. The first-order chi connectivity index (χ1) is 13.7. The minimum absolute atomic E-state index is 0.159. The first kappa shape index (κ1) is 18.3. The Hall–Kier alpha value is -3.03. The monoisotopic (exact) mass is 378 g/mol. The molecular formula is C21H22N4O3. The molecule has 1 N–H and O–H groups in total. The minimum atomic E-state index is -0.239. The maximum atomic E-state index is 11.8. The summed E-state index contributed by atoms with van der Waals surface area (Å²) in [4.78, 5) is 18.7. The van der Waals surface area contributed by atoms with E-state index in [9.17, 15) is 4.79 Å². The molecule has 7 heteroatoms. The molecule has 7 nitrogen and oxygen atoms in total. The van der Waals surface area contributed by atoms with Crippen LogP contribution in [0.25, 0.3) is 11.5 Å². The van der Waals surface area contributed by atoms with Crippen molar-refractivity contribution in [1.29, 1.82) is 0 Å². The molecule has 1 aliphatic heterocycles. The Morgan fingerprint density at radius 3 is 2.89 bits per heavy atom. The van der Waals surface area contributed by atoms with Gasteiger partial charge in [0.15, 0.2) is 0 Å². The normalized spacial score (nSPS) is 17.4. The van der Waals surface area contributed by atoms with Gasteiger partial charge in [0, 0.05) is 37.8 Å². The van der Waals surface area contributed by atoms with E-state index in [1.165, 1.54) is 5.56 Å². The lowest BCUT2D eigenvalue weighted by Crippen LogP contribution is -2.38. The molecule has 3 aromatic rings. The van der Waals surface area contributed by atoms with Crippen LogP contribution in [0.5, 0.6) is 0 Å². The van der Waals surface area contributed by atoms with Gasteiger partial charge in [-0.3, -0.25) is 9.69 Å². The van der Waals surface area contributed by atoms with Crippen LogP contribution in [-0.2, 0) is 11.3 Å². The average Bonchev–Trinajstić information content (AvgIpc) is 3.25. The number of hydrogen-bond acceptors (Lipinski definition) is 6. The van der Waals surface area contributed by atoms with E-state index in [1.54, 1.807) is 25.2 Å². The molecule has 2 heterocycles. The molecule has 1 saturated heterocycles. The highest BCUT2D eigenvalue weighted by atomic mass is 16.5. The minimum Gasteiger partial charge on any atom is -0.367 e. The fourth-order valence-corrected chi connectivity index (χ4v) is 3.26. The Balaban J connectivity index is 1.47. The van der Waals surface area contributed by atoms with Crippen molar-refractivity contribution in [3.05, 3.63) is 71.5 Å². The highest BCUT2D eigenvalue weighted by Crippen LogP contribution is 2.25. The van der Waals surface area contributed by atoms with E-state index in [2.05, 4.69) is 32.5 Å². The zero-order chi connectivity index (χ0) is 19.3. The molecular weight excluding hydrogens is 356 g/mol. The standard InChI is InChI=1S/C21H22N4O3/c1-22-20(26)16-8-5-9-17(12-16)21-23-19(24-28-21)18-14-25(10-11-27-18)13-15-6-3-2-4-7-15/h2-9,12,18H,10-11,13-14H2,1H3,(H,22,26)/t18-/m1/s1. The van der Waals surface area contributed by atoms with Gasteiger partial charge in [0.05, 0.1) is 6.61 Å². The molecule has 28 heavy (non-hydrogen) atoms. The molecule has 1 atom stereocenters. The fourth-order valence-electron chi connectivity index (χ4n) is 3.26. The summed E-state index contributed by atoms with van der Waals surface area (Å²) in [6, 6.07) is 17.5. The largest absolute Gasteiger partial charge is 0.367 e. The Bertz CT molecular complexity index is 942. The molecule has 0 spiro atoms. The second-order valence-corrected chi connectivity index (χ2v) is 6.70. The van der Waals surface area contributed by atoms with E-state index < -0.39 is 0 Å². The lowest BCUT2D eigenvalue weighted by atomic mass is 10.1. The molecule has 0 bridgehead atoms. The van der Waals surface area contributed by atoms with E-state index in [0.29, 0.717) is 36.0 Å². The van der Waals surface area contributed by atoms with Crippen molar-refractivity contribution >= 4 is 5.91 Å². The van der Waals surface area contributed by atoms with Crippen LogP contribution < -0.4 is 5.32 Å². The zero-order valence-electron chi connectivity index (χ0n) is 15.7. The molecule has 1 fully saturated rings. The van der Waals surface area contributed by atoms with Crippen LogP contribution in [0.2, 0.25) is 0 Å². The Morgan fingerprint density at radius 1 is 1.21 bits per heavy atom. The molecule has 0 radical (unpaired) electrons. The number of morpholine rings is 1. The lowest BCUT2D eigenvalue weighted by molar-refractivity contribution is -0.0380. The van der Waals surface area contributed by atoms with Gasteiger partial charge in [0.1, 0.15) is 6.10 Å². The van der Waals surface area contributed by atoms with Gasteiger partial charge >= 0.3 is 0 Å². The first-order valence-corrected chi connectivity index (χ1v) is 9.27. The van der Waals surface area contributed by atoms with Crippen molar-refractivity contribution in [2.24, 2.45) is 0 Å². The van der Waals surface area contributed by atoms with E-state index in [0.717, 1.165) is 13.1 Å². The number of rotatable bonds is 5. The highest BCUT2D eigenvalue weighted by Gasteiger charge is 2.26. The Kier molecular flexibility index (Phi) is 5.45. The first-order valence-electron chi connectivity index (χ1n) is 9.27. The summed E-state index contributed by atoms with van der Waals surface area (Å²) in [5, 5.41) is 6.72. The maximum absolute atomic E-state index is 11.8. The van der Waals surface area contributed by atoms with Crippen molar-refractivity contribution in [3.63, 3.8) is 0 Å². The molecule has 4 rings (SSSR count). The summed E-state index contributed by atoms with van der Waals surface area (Å²) in [6.45, 7) is 3.05. The third-order valence-corrected chi connectivity index (χ3v) is 4.73. The van der Waals surface area contributed by atoms with E-state index in [1.807, 2.05) is 24.3 Å². The Morgan fingerprint density at radius 2 is 2.07 bits per heavy atom. The smallest absolute Gasteiger partial charge is 0.258 e. The van der Waals surface area contributed by atoms with Crippen LogP contribution in [-0.4, -0.2) is 47.7 Å². The van der Waals surface area contributed by atoms with Crippen molar-refractivity contribution in [2.75, 3.05) is 26.7 Å². The number of carbonyl (C=O) groups excluding carboxylic acids is 1. The van der Waals surface area contributed by atoms with Gasteiger partial charge in [-0.25, -0.2) is 0 Å². The molecule has 0 aliphatic carbocycles. The SMILES string of the molecule is CNC(=O)c1cccc(-c2nc([C@H]3CN(Cc4ccccc4)CCO3)no2)c1. The molecule has 144 valence electrons. The van der Waals surface area contributed by atoms with Gasteiger partial charge in [-0.05, 0) is 23.8 Å². The third kappa shape index (κ3) is 4.11. The van der Waals surface area contributed by atoms with Gasteiger partial charge in [-0.1, -0.05) is 41.6 Å². The number of nitrogens with zero attached hydrogens (tertiary/aromatic N) is 3. The number of nitrogens with one attached hydrogen (secondary N) is 1. The summed E-state index contributed by atoms with van der Waals surface area (Å²) in [5.74, 6) is 0.747. The summed E-state index contributed by atoms with van der Waals surface area (Å²) >= 11 is 0. The topological polar surface area (TPSA) is 80.5 Å². The third-order valence-electron chi connectivity index (χ3n) is 4.73. The van der Waals surface area contributed by atoms with Crippen molar-refractivity contribution in [3.8, 4) is 11.5 Å². The number of aromatic nitrogens is 2. The second-order valence-electron chi connectivity index (χ2n) is 6.70. The summed E-state index contributed by atoms with van der Waals surface area (Å²) < 4.78 is 11.3. The average molecular weight is 378 g/mol. The number of benzene rings is 2.